The van der Waals surface area contributed by atoms with E-state index in [-0.39, 0.29) is 10.9 Å². The van der Waals surface area contributed by atoms with Gasteiger partial charge in [0, 0.05) is 17.9 Å². The van der Waals surface area contributed by atoms with Crippen LogP contribution >= 0.6 is 0 Å². The van der Waals surface area contributed by atoms with E-state index >= 15 is 0 Å². The van der Waals surface area contributed by atoms with Gasteiger partial charge in [-0.2, -0.15) is 0 Å². The van der Waals surface area contributed by atoms with Gasteiger partial charge in [0.05, 0.1) is 6.20 Å². The van der Waals surface area contributed by atoms with E-state index in [0.29, 0.717) is 5.69 Å². The molecule has 0 aliphatic heterocycles. The minimum absolute atomic E-state index is 0.213. The van der Waals surface area contributed by atoms with Crippen LogP contribution in [0, 0.1) is 5.82 Å². The van der Waals surface area contributed by atoms with Gasteiger partial charge in [-0.15, -0.1) is 0 Å². The van der Waals surface area contributed by atoms with Crippen LogP contribution in [0.25, 0.3) is 0 Å². The average molecular weight is 295 g/mol. The highest BCUT2D eigenvalue weighted by Gasteiger charge is 2.15. The molecule has 2 rings (SSSR count). The molecule has 0 saturated carbocycles. The summed E-state index contributed by atoms with van der Waals surface area (Å²) in [6, 6.07) is 7.41. The first-order chi connectivity index (χ1) is 9.38. The fraction of sp³-hybridized carbons (Fsp3) is 0.154. The van der Waals surface area contributed by atoms with Gasteiger partial charge in [-0.3, -0.25) is 9.71 Å². The number of aromatic nitrogens is 1. The van der Waals surface area contributed by atoms with Crippen molar-refractivity contribution in [3.8, 4) is 0 Å². The molecule has 1 aromatic carbocycles. The van der Waals surface area contributed by atoms with Crippen molar-refractivity contribution in [2.45, 2.75) is 17.9 Å². The summed E-state index contributed by atoms with van der Waals surface area (Å²) in [6.45, 7) is 1.80. The number of hydrogen-bond acceptors (Lipinski definition) is 4. The van der Waals surface area contributed by atoms with Crippen LogP contribution in [0.5, 0.6) is 0 Å². The van der Waals surface area contributed by atoms with Crippen LogP contribution in [0.1, 0.15) is 18.5 Å². The van der Waals surface area contributed by atoms with Crippen LogP contribution < -0.4 is 10.5 Å². The molecule has 106 valence electrons. The van der Waals surface area contributed by atoms with Crippen LogP contribution in [0.15, 0.2) is 47.6 Å². The molecule has 0 saturated heterocycles. The molecule has 20 heavy (non-hydrogen) atoms. The van der Waals surface area contributed by atoms with E-state index in [1.54, 1.807) is 31.2 Å². The lowest BCUT2D eigenvalue weighted by Gasteiger charge is -2.11. The average Bonchev–Trinajstić information content (AvgIpc) is 2.38. The Morgan fingerprint density at radius 3 is 2.70 bits per heavy atom. The molecule has 0 spiro atoms. The molecule has 7 heteroatoms. The molecule has 0 fully saturated rings. The molecule has 1 aromatic heterocycles. The van der Waals surface area contributed by atoms with E-state index in [2.05, 4.69) is 9.71 Å². The Labute approximate surface area is 116 Å². The molecule has 0 radical (unpaired) electrons. The van der Waals surface area contributed by atoms with Crippen LogP contribution in [0.3, 0.4) is 0 Å². The second kappa shape index (κ2) is 5.56. The van der Waals surface area contributed by atoms with Crippen LogP contribution in [0.2, 0.25) is 0 Å². The van der Waals surface area contributed by atoms with E-state index in [9.17, 15) is 12.8 Å². The highest BCUT2D eigenvalue weighted by molar-refractivity contribution is 7.92. The van der Waals surface area contributed by atoms with Crippen molar-refractivity contribution >= 4 is 15.7 Å². The lowest BCUT2D eigenvalue weighted by Crippen LogP contribution is -2.14. The Balaban J connectivity index is 2.31. The van der Waals surface area contributed by atoms with Gasteiger partial charge in [-0.1, -0.05) is 12.1 Å². The topological polar surface area (TPSA) is 85.1 Å². The van der Waals surface area contributed by atoms with Gasteiger partial charge in [-0.05, 0) is 30.7 Å². The monoisotopic (exact) mass is 295 g/mol. The molecule has 0 amide bonds. The highest BCUT2D eigenvalue weighted by atomic mass is 32.2. The number of nitrogens with zero attached hydrogens (tertiary/aromatic N) is 1. The molecule has 2 aromatic rings. The van der Waals surface area contributed by atoms with Crippen LogP contribution in [-0.4, -0.2) is 13.4 Å². The number of nitrogens with two attached hydrogens (primary N) is 1. The number of anilines is 1. The summed E-state index contributed by atoms with van der Waals surface area (Å²) in [5.41, 5.74) is 6.90. The summed E-state index contributed by atoms with van der Waals surface area (Å²) in [5.74, 6) is -0.711. The molecule has 0 aliphatic rings. The minimum Gasteiger partial charge on any atom is -0.324 e. The first-order valence-electron chi connectivity index (χ1n) is 5.87. The van der Waals surface area contributed by atoms with Gasteiger partial charge < -0.3 is 5.73 Å². The second-order valence-electron chi connectivity index (χ2n) is 4.36. The molecular formula is C13H14FN3O2S. The van der Waals surface area contributed by atoms with Crippen molar-refractivity contribution in [1.29, 1.82) is 0 Å². The van der Waals surface area contributed by atoms with Gasteiger partial charge >= 0.3 is 0 Å². The summed E-state index contributed by atoms with van der Waals surface area (Å²) in [7, 11) is -3.87. The lowest BCUT2D eigenvalue weighted by atomic mass is 10.1. The van der Waals surface area contributed by atoms with Crippen molar-refractivity contribution in [2.75, 3.05) is 4.72 Å². The molecule has 0 bridgehead atoms. The number of sulfonamides is 1. The maximum absolute atomic E-state index is 13.0. The number of nitrogens with one attached hydrogen (secondary N) is 1. The molecule has 3 N–H and O–H groups in total. The molecular weight excluding hydrogens is 281 g/mol. The Bertz CT molecular complexity index is 717. The van der Waals surface area contributed by atoms with Gasteiger partial charge in [0.25, 0.3) is 10.0 Å². The summed E-state index contributed by atoms with van der Waals surface area (Å²) in [6.07, 6.45) is 2.02. The predicted octanol–water partition coefficient (Wildman–Crippen LogP) is 2.04. The number of pyridine rings is 1. The van der Waals surface area contributed by atoms with Crippen LogP contribution in [0.4, 0.5) is 10.1 Å². The fourth-order valence-electron chi connectivity index (χ4n) is 1.64. The normalized spacial score (nSPS) is 12.9. The summed E-state index contributed by atoms with van der Waals surface area (Å²) < 4.78 is 39.6. The zero-order valence-electron chi connectivity index (χ0n) is 10.7. The van der Waals surface area contributed by atoms with Gasteiger partial charge in [-0.25, -0.2) is 12.8 Å². The zero-order chi connectivity index (χ0) is 14.8. The van der Waals surface area contributed by atoms with E-state index in [1.807, 2.05) is 0 Å². The summed E-state index contributed by atoms with van der Waals surface area (Å²) >= 11 is 0. The molecule has 0 aliphatic carbocycles. The van der Waals surface area contributed by atoms with E-state index in [1.165, 1.54) is 0 Å². The highest BCUT2D eigenvalue weighted by Crippen LogP contribution is 2.19. The SMILES string of the molecule is CC(N)c1cccc(NS(=O)(=O)c2cncc(F)c2)c1. The Hall–Kier alpha value is -1.99. The third-order valence-corrected chi connectivity index (χ3v) is 4.00. The van der Waals surface area contributed by atoms with Gasteiger partial charge in [0.2, 0.25) is 0 Å². The standard InChI is InChI=1S/C13H14FN3O2S/c1-9(15)10-3-2-4-12(5-10)17-20(18,19)13-6-11(14)7-16-8-13/h2-9,17H,15H2,1H3. The third kappa shape index (κ3) is 3.31. The molecule has 1 heterocycles. The molecule has 5 nitrogen and oxygen atoms in total. The van der Waals surface area contributed by atoms with E-state index in [4.69, 9.17) is 5.73 Å². The third-order valence-electron chi connectivity index (χ3n) is 2.65. The Kier molecular flexibility index (Phi) is 4.01. The van der Waals surface area contributed by atoms with Crippen molar-refractivity contribution in [3.05, 3.63) is 54.1 Å². The number of hydrogen-bond donors (Lipinski definition) is 2. The minimum atomic E-state index is -3.87. The van der Waals surface area contributed by atoms with Crippen molar-refractivity contribution in [1.82, 2.24) is 4.98 Å². The predicted molar refractivity (Wildman–Crippen MR) is 74.0 cm³/mol. The van der Waals surface area contributed by atoms with Crippen molar-refractivity contribution < 1.29 is 12.8 Å². The van der Waals surface area contributed by atoms with Gasteiger partial charge in [0.15, 0.2) is 0 Å². The molecule has 1 atom stereocenters. The smallest absolute Gasteiger partial charge is 0.263 e. The summed E-state index contributed by atoms with van der Waals surface area (Å²) in [4.78, 5) is 3.29. The first kappa shape index (κ1) is 14.4. The van der Waals surface area contributed by atoms with Crippen molar-refractivity contribution in [2.24, 2.45) is 5.73 Å². The fourth-order valence-corrected chi connectivity index (χ4v) is 2.66. The first-order valence-corrected chi connectivity index (χ1v) is 7.36. The Morgan fingerprint density at radius 2 is 2.05 bits per heavy atom. The number of benzene rings is 1. The van der Waals surface area contributed by atoms with Crippen molar-refractivity contribution in [3.63, 3.8) is 0 Å². The van der Waals surface area contributed by atoms with E-state index < -0.39 is 15.8 Å². The Morgan fingerprint density at radius 1 is 1.30 bits per heavy atom. The maximum Gasteiger partial charge on any atom is 0.263 e. The number of halogens is 1. The quantitative estimate of drug-likeness (QED) is 0.904. The maximum atomic E-state index is 13.0. The number of rotatable bonds is 4. The molecule has 1 unspecified atom stereocenters. The summed E-state index contributed by atoms with van der Waals surface area (Å²) in [5, 5.41) is 0. The second-order valence-corrected chi connectivity index (χ2v) is 6.04. The van der Waals surface area contributed by atoms with Crippen LogP contribution in [-0.2, 0) is 10.0 Å². The largest absolute Gasteiger partial charge is 0.324 e. The van der Waals surface area contributed by atoms with E-state index in [0.717, 1.165) is 24.0 Å². The zero-order valence-corrected chi connectivity index (χ0v) is 11.6. The lowest BCUT2D eigenvalue weighted by molar-refractivity contribution is 0.592. The van der Waals surface area contributed by atoms with Gasteiger partial charge in [0.1, 0.15) is 10.7 Å².